The molecule has 174 valence electrons. The Labute approximate surface area is 190 Å². The molecule has 1 aromatic rings. The Bertz CT molecular complexity index is 592. The fraction of sp³-hybridized carbons (Fsp3) is 0.643. The predicted octanol–water partition coefficient (Wildman–Crippen LogP) is 8.23. The van der Waals surface area contributed by atoms with Gasteiger partial charge in [0.05, 0.1) is 0 Å². The number of ether oxygens (including phenoxy) is 1. The molecule has 1 rings (SSSR count). The van der Waals surface area contributed by atoms with E-state index in [0.29, 0.717) is 12.0 Å². The van der Waals surface area contributed by atoms with Gasteiger partial charge in [-0.3, -0.25) is 9.59 Å². The molecule has 1 aromatic carbocycles. The number of carbonyl (C=O) groups excluding carboxylic acids is 2. The van der Waals surface area contributed by atoms with E-state index in [0.717, 1.165) is 12.8 Å². The summed E-state index contributed by atoms with van der Waals surface area (Å²) in [5.74, 6) is -0.410. The van der Waals surface area contributed by atoms with Crippen LogP contribution in [-0.4, -0.2) is 18.4 Å². The van der Waals surface area contributed by atoms with E-state index < -0.39 is 0 Å². The van der Waals surface area contributed by atoms with Crippen LogP contribution in [0.25, 0.3) is 0 Å². The van der Waals surface area contributed by atoms with Crippen molar-refractivity contribution in [3.8, 4) is 0 Å². The average molecular weight is 429 g/mol. The van der Waals surface area contributed by atoms with Gasteiger partial charge in [0, 0.05) is 12.0 Å². The standard InChI is InChI=1S/C28H44O3/c1-2-3-4-5-6-7-8-9-10-11-12-13-14-15-16-17-21-24-28(30)31-25-27(29)26-22-19-18-20-23-26/h7-8,18-20,22-23H,2-6,9-17,21,24-25H2,1H3/b8-7+. The smallest absolute Gasteiger partial charge is 0.306 e. The molecule has 0 unspecified atom stereocenters. The third kappa shape index (κ3) is 16.5. The number of carbonyl (C=O) groups is 2. The lowest BCUT2D eigenvalue weighted by atomic mass is 10.1. The molecular weight excluding hydrogens is 384 g/mol. The number of rotatable bonds is 20. The molecule has 0 fully saturated rings. The van der Waals surface area contributed by atoms with Gasteiger partial charge in [0.2, 0.25) is 0 Å². The number of esters is 1. The number of allylic oxidation sites excluding steroid dienone is 2. The first-order valence-corrected chi connectivity index (χ1v) is 12.6. The van der Waals surface area contributed by atoms with Crippen LogP contribution in [-0.2, 0) is 9.53 Å². The highest BCUT2D eigenvalue weighted by atomic mass is 16.5. The highest BCUT2D eigenvalue weighted by Gasteiger charge is 2.09. The van der Waals surface area contributed by atoms with Crippen LogP contribution in [0.5, 0.6) is 0 Å². The Morgan fingerprint density at radius 3 is 1.81 bits per heavy atom. The zero-order valence-corrected chi connectivity index (χ0v) is 19.8. The largest absolute Gasteiger partial charge is 0.457 e. The SMILES string of the molecule is CCCCCC/C=C/CCCCCCCCCCCC(=O)OCC(=O)c1ccccc1. The molecule has 0 heterocycles. The van der Waals surface area contributed by atoms with Gasteiger partial charge in [-0.15, -0.1) is 0 Å². The molecular formula is C28H44O3. The highest BCUT2D eigenvalue weighted by Crippen LogP contribution is 2.12. The number of Topliss-reactive ketones (excluding diaryl/α,β-unsaturated/α-hetero) is 1. The predicted molar refractivity (Wildman–Crippen MR) is 130 cm³/mol. The van der Waals surface area contributed by atoms with E-state index in [2.05, 4.69) is 19.1 Å². The van der Waals surface area contributed by atoms with E-state index in [1.54, 1.807) is 12.1 Å². The molecule has 0 atom stereocenters. The van der Waals surface area contributed by atoms with Crippen LogP contribution in [0, 0.1) is 0 Å². The van der Waals surface area contributed by atoms with Gasteiger partial charge in [-0.1, -0.05) is 114 Å². The minimum absolute atomic E-state index is 0.146. The van der Waals surface area contributed by atoms with Crippen LogP contribution in [0.1, 0.15) is 120 Å². The second-order valence-electron chi connectivity index (χ2n) is 8.49. The van der Waals surface area contributed by atoms with Crippen LogP contribution in [0.15, 0.2) is 42.5 Å². The highest BCUT2D eigenvalue weighted by molar-refractivity contribution is 5.97. The van der Waals surface area contributed by atoms with Crippen molar-refractivity contribution in [3.05, 3.63) is 48.0 Å². The molecule has 0 saturated carbocycles. The summed E-state index contributed by atoms with van der Waals surface area (Å²) < 4.78 is 5.09. The van der Waals surface area contributed by atoms with Gasteiger partial charge in [0.1, 0.15) is 0 Å². The number of benzene rings is 1. The fourth-order valence-electron chi connectivity index (χ4n) is 3.62. The van der Waals surface area contributed by atoms with Gasteiger partial charge in [-0.2, -0.15) is 0 Å². The maximum absolute atomic E-state index is 11.9. The summed E-state index contributed by atoms with van der Waals surface area (Å²) in [6.45, 7) is 2.10. The number of hydrogen-bond donors (Lipinski definition) is 0. The summed E-state index contributed by atoms with van der Waals surface area (Å²) in [5.41, 5.74) is 0.588. The molecule has 0 saturated heterocycles. The van der Waals surface area contributed by atoms with Crippen molar-refractivity contribution < 1.29 is 14.3 Å². The van der Waals surface area contributed by atoms with Crippen LogP contribution >= 0.6 is 0 Å². The monoisotopic (exact) mass is 428 g/mol. The van der Waals surface area contributed by atoms with Crippen LogP contribution in [0.3, 0.4) is 0 Å². The quantitative estimate of drug-likeness (QED) is 0.0909. The lowest BCUT2D eigenvalue weighted by Gasteiger charge is -2.05. The first kappa shape index (κ1) is 27.1. The first-order chi connectivity index (χ1) is 15.2. The lowest BCUT2D eigenvalue weighted by molar-refractivity contribution is -0.142. The van der Waals surface area contributed by atoms with E-state index >= 15 is 0 Å². The molecule has 31 heavy (non-hydrogen) atoms. The summed E-state index contributed by atoms with van der Waals surface area (Å²) >= 11 is 0. The molecule has 0 bridgehead atoms. The molecule has 0 radical (unpaired) electrons. The van der Waals surface area contributed by atoms with E-state index in [4.69, 9.17) is 4.74 Å². The third-order valence-electron chi connectivity index (χ3n) is 5.60. The number of hydrogen-bond acceptors (Lipinski definition) is 3. The van der Waals surface area contributed by atoms with Crippen molar-refractivity contribution in [2.24, 2.45) is 0 Å². The normalized spacial score (nSPS) is 11.1. The van der Waals surface area contributed by atoms with Crippen LogP contribution in [0.2, 0.25) is 0 Å². The summed E-state index contributed by atoms with van der Waals surface area (Å²) in [6, 6.07) is 8.96. The van der Waals surface area contributed by atoms with Crippen molar-refractivity contribution in [2.75, 3.05) is 6.61 Å². The average Bonchev–Trinajstić information content (AvgIpc) is 2.80. The third-order valence-corrected chi connectivity index (χ3v) is 5.60. The second kappa shape index (κ2) is 20.0. The van der Waals surface area contributed by atoms with Gasteiger partial charge in [0.15, 0.2) is 12.4 Å². The lowest BCUT2D eigenvalue weighted by Crippen LogP contribution is -2.13. The van der Waals surface area contributed by atoms with Crippen LogP contribution < -0.4 is 0 Å². The summed E-state index contributed by atoms with van der Waals surface area (Å²) in [6.07, 6.45) is 24.0. The van der Waals surface area contributed by atoms with E-state index in [9.17, 15) is 9.59 Å². The van der Waals surface area contributed by atoms with Gasteiger partial charge in [-0.05, 0) is 32.1 Å². The Morgan fingerprint density at radius 1 is 0.710 bits per heavy atom. The maximum Gasteiger partial charge on any atom is 0.306 e. The minimum atomic E-state index is -0.265. The number of ketones is 1. The molecule has 0 aliphatic rings. The summed E-state index contributed by atoms with van der Waals surface area (Å²) in [4.78, 5) is 23.7. The van der Waals surface area contributed by atoms with Gasteiger partial charge < -0.3 is 4.74 Å². The molecule has 0 aromatic heterocycles. The van der Waals surface area contributed by atoms with Crippen molar-refractivity contribution in [3.63, 3.8) is 0 Å². The van der Waals surface area contributed by atoms with Gasteiger partial charge in [0.25, 0.3) is 0 Å². The Morgan fingerprint density at radius 2 is 1.23 bits per heavy atom. The minimum Gasteiger partial charge on any atom is -0.457 e. The Kier molecular flexibility index (Phi) is 17.5. The molecule has 3 heteroatoms. The van der Waals surface area contributed by atoms with Crippen molar-refractivity contribution in [1.29, 1.82) is 0 Å². The van der Waals surface area contributed by atoms with Gasteiger partial charge in [-0.25, -0.2) is 0 Å². The molecule has 0 spiro atoms. The molecule has 0 amide bonds. The van der Waals surface area contributed by atoms with Gasteiger partial charge >= 0.3 is 5.97 Å². The molecule has 0 aliphatic carbocycles. The van der Waals surface area contributed by atoms with Crippen molar-refractivity contribution >= 4 is 11.8 Å². The fourth-order valence-corrected chi connectivity index (χ4v) is 3.62. The summed E-state index contributed by atoms with van der Waals surface area (Å²) in [5, 5.41) is 0. The molecule has 0 N–H and O–H groups in total. The summed E-state index contributed by atoms with van der Waals surface area (Å²) in [7, 11) is 0. The zero-order chi connectivity index (χ0) is 22.4. The topological polar surface area (TPSA) is 43.4 Å². The Hall–Kier alpha value is -1.90. The first-order valence-electron chi connectivity index (χ1n) is 12.6. The molecule has 0 aliphatic heterocycles. The number of unbranched alkanes of at least 4 members (excludes halogenated alkanes) is 13. The molecule has 3 nitrogen and oxygen atoms in total. The van der Waals surface area contributed by atoms with E-state index in [1.807, 2.05) is 18.2 Å². The maximum atomic E-state index is 11.9. The second-order valence-corrected chi connectivity index (χ2v) is 8.49. The van der Waals surface area contributed by atoms with Crippen LogP contribution in [0.4, 0.5) is 0 Å². The van der Waals surface area contributed by atoms with Crippen molar-refractivity contribution in [2.45, 2.75) is 110 Å². The zero-order valence-electron chi connectivity index (χ0n) is 19.8. The van der Waals surface area contributed by atoms with E-state index in [1.165, 1.54) is 83.5 Å². The Balaban J connectivity index is 1.82. The van der Waals surface area contributed by atoms with Crippen molar-refractivity contribution in [1.82, 2.24) is 0 Å². The van der Waals surface area contributed by atoms with E-state index in [-0.39, 0.29) is 18.4 Å².